The lowest BCUT2D eigenvalue weighted by atomic mass is 10.1. The van der Waals surface area contributed by atoms with Gasteiger partial charge in [0.2, 0.25) is 0 Å². The van der Waals surface area contributed by atoms with Crippen LogP contribution in [0.5, 0.6) is 0 Å². The first-order valence-electron chi connectivity index (χ1n) is 5.60. The molecule has 0 aliphatic rings. The average Bonchev–Trinajstić information content (AvgIpc) is 2.83. The number of pyridine rings is 1. The van der Waals surface area contributed by atoms with Crippen molar-refractivity contribution in [2.45, 2.75) is 6.54 Å². The first kappa shape index (κ1) is 11.8. The van der Waals surface area contributed by atoms with Crippen molar-refractivity contribution in [3.8, 4) is 6.07 Å². The molecule has 2 heterocycles. The Labute approximate surface area is 117 Å². The van der Waals surface area contributed by atoms with Crippen LogP contribution < -0.4 is 0 Å². The van der Waals surface area contributed by atoms with Crippen molar-refractivity contribution in [2.75, 3.05) is 0 Å². The molecule has 3 aromatic rings. The predicted octanol–water partition coefficient (Wildman–Crippen LogP) is 2.51. The van der Waals surface area contributed by atoms with Gasteiger partial charge >= 0.3 is 0 Å². The van der Waals surface area contributed by atoms with Crippen LogP contribution in [0.2, 0.25) is 0 Å². The number of aromatic nitrogens is 4. The third-order valence-corrected chi connectivity index (χ3v) is 3.41. The summed E-state index contributed by atoms with van der Waals surface area (Å²) in [5.41, 5.74) is 3.17. The molecule has 0 spiro atoms. The van der Waals surface area contributed by atoms with E-state index in [2.05, 4.69) is 37.3 Å². The molecule has 3 rings (SSSR count). The number of halogens is 1. The lowest BCUT2D eigenvalue weighted by molar-refractivity contribution is 0.664. The van der Waals surface area contributed by atoms with Crippen LogP contribution in [0.1, 0.15) is 11.1 Å². The topological polar surface area (TPSA) is 67.4 Å². The van der Waals surface area contributed by atoms with Gasteiger partial charge in [0, 0.05) is 10.7 Å². The molecular formula is C13H8BrN5. The summed E-state index contributed by atoms with van der Waals surface area (Å²) in [7, 11) is 0. The van der Waals surface area contributed by atoms with Crippen LogP contribution >= 0.6 is 15.9 Å². The molecule has 5 nitrogen and oxygen atoms in total. The second-order valence-corrected chi connectivity index (χ2v) is 4.87. The number of benzene rings is 1. The van der Waals surface area contributed by atoms with E-state index < -0.39 is 0 Å². The smallest absolute Gasteiger partial charge is 0.178 e. The van der Waals surface area contributed by atoms with Crippen molar-refractivity contribution >= 4 is 27.1 Å². The summed E-state index contributed by atoms with van der Waals surface area (Å²) in [5.74, 6) is 0. The van der Waals surface area contributed by atoms with E-state index in [-0.39, 0.29) is 0 Å². The Hall–Kier alpha value is -2.26. The first-order chi connectivity index (χ1) is 9.28. The van der Waals surface area contributed by atoms with E-state index in [1.165, 1.54) is 0 Å². The summed E-state index contributed by atoms with van der Waals surface area (Å²) in [6.45, 7) is 0.567. The summed E-state index contributed by atoms with van der Waals surface area (Å²) < 4.78 is 2.52. The van der Waals surface area contributed by atoms with Crippen LogP contribution in [-0.4, -0.2) is 20.0 Å². The highest BCUT2D eigenvalue weighted by atomic mass is 79.9. The van der Waals surface area contributed by atoms with Crippen LogP contribution in [0.25, 0.3) is 11.2 Å². The van der Waals surface area contributed by atoms with Gasteiger partial charge in [-0.15, -0.1) is 5.10 Å². The molecule has 1 aromatic carbocycles. The van der Waals surface area contributed by atoms with Gasteiger partial charge in [0.05, 0.1) is 12.1 Å². The fourth-order valence-corrected chi connectivity index (χ4v) is 2.35. The molecule has 0 aliphatic heterocycles. The van der Waals surface area contributed by atoms with Crippen molar-refractivity contribution < 1.29 is 0 Å². The molecule has 92 valence electrons. The largest absolute Gasteiger partial charge is 0.235 e. The van der Waals surface area contributed by atoms with Crippen molar-refractivity contribution in [1.82, 2.24) is 20.0 Å². The molecule has 0 saturated carbocycles. The summed E-state index contributed by atoms with van der Waals surface area (Å²) in [6, 6.07) is 11.4. The monoisotopic (exact) mass is 313 g/mol. The van der Waals surface area contributed by atoms with Gasteiger partial charge in [0.25, 0.3) is 0 Å². The Balaban J connectivity index is 1.97. The maximum absolute atomic E-state index is 8.89. The molecule has 0 N–H and O–H groups in total. The van der Waals surface area contributed by atoms with E-state index in [9.17, 15) is 0 Å². The minimum atomic E-state index is 0.567. The molecule has 6 heteroatoms. The standard InChI is InChI=1S/C13H8BrN5/c14-11-6-9(3-4-10(11)7-15)8-19-13-12(17-18-19)2-1-5-16-13/h1-6H,8H2. The second-order valence-electron chi connectivity index (χ2n) is 4.02. The summed E-state index contributed by atoms with van der Waals surface area (Å²) in [4.78, 5) is 4.27. The van der Waals surface area contributed by atoms with E-state index in [1.807, 2.05) is 24.3 Å². The third-order valence-electron chi connectivity index (χ3n) is 2.76. The quantitative estimate of drug-likeness (QED) is 0.729. The molecule has 0 aliphatic carbocycles. The van der Waals surface area contributed by atoms with Crippen molar-refractivity contribution in [2.24, 2.45) is 0 Å². The predicted molar refractivity (Wildman–Crippen MR) is 73.3 cm³/mol. The van der Waals surface area contributed by atoms with Gasteiger partial charge in [-0.05, 0) is 45.8 Å². The molecular weight excluding hydrogens is 306 g/mol. The van der Waals surface area contributed by atoms with Gasteiger partial charge in [-0.25, -0.2) is 9.67 Å². The minimum absolute atomic E-state index is 0.567. The SMILES string of the molecule is N#Cc1ccc(Cn2nnc3cccnc32)cc1Br. The van der Waals surface area contributed by atoms with Crippen LogP contribution in [0.15, 0.2) is 41.0 Å². The zero-order chi connectivity index (χ0) is 13.2. The van der Waals surface area contributed by atoms with E-state index in [4.69, 9.17) is 5.26 Å². The molecule has 0 bridgehead atoms. The molecule has 0 atom stereocenters. The van der Waals surface area contributed by atoms with Crippen LogP contribution in [0.3, 0.4) is 0 Å². The Morgan fingerprint density at radius 2 is 2.21 bits per heavy atom. The lowest BCUT2D eigenvalue weighted by Crippen LogP contribution is -2.03. The van der Waals surface area contributed by atoms with Gasteiger partial charge in [-0.1, -0.05) is 11.3 Å². The van der Waals surface area contributed by atoms with E-state index in [0.717, 1.165) is 21.2 Å². The van der Waals surface area contributed by atoms with Gasteiger partial charge in [-0.3, -0.25) is 0 Å². The number of fused-ring (bicyclic) bond motifs is 1. The third kappa shape index (κ3) is 2.20. The Morgan fingerprint density at radius 3 is 3.00 bits per heavy atom. The van der Waals surface area contributed by atoms with Crippen LogP contribution in [0.4, 0.5) is 0 Å². The van der Waals surface area contributed by atoms with Crippen LogP contribution in [0, 0.1) is 11.3 Å². The van der Waals surface area contributed by atoms with Crippen molar-refractivity contribution in [1.29, 1.82) is 5.26 Å². The van der Waals surface area contributed by atoms with Gasteiger partial charge < -0.3 is 0 Å². The highest BCUT2D eigenvalue weighted by Crippen LogP contribution is 2.19. The van der Waals surface area contributed by atoms with E-state index in [1.54, 1.807) is 16.9 Å². The fraction of sp³-hybridized carbons (Fsp3) is 0.0769. The number of hydrogen-bond acceptors (Lipinski definition) is 4. The normalized spacial score (nSPS) is 10.5. The summed E-state index contributed by atoms with van der Waals surface area (Å²) in [6.07, 6.45) is 1.72. The van der Waals surface area contributed by atoms with E-state index in [0.29, 0.717) is 12.1 Å². The average molecular weight is 314 g/mol. The van der Waals surface area contributed by atoms with E-state index >= 15 is 0 Å². The molecule has 2 aromatic heterocycles. The van der Waals surface area contributed by atoms with Crippen molar-refractivity contribution in [3.05, 3.63) is 52.1 Å². The maximum atomic E-state index is 8.89. The second kappa shape index (κ2) is 4.78. The lowest BCUT2D eigenvalue weighted by Gasteiger charge is -2.03. The molecule has 0 saturated heterocycles. The number of nitriles is 1. The van der Waals surface area contributed by atoms with Crippen LogP contribution in [-0.2, 0) is 6.54 Å². The van der Waals surface area contributed by atoms with Gasteiger partial charge in [0.15, 0.2) is 5.65 Å². The highest BCUT2D eigenvalue weighted by Gasteiger charge is 2.07. The first-order valence-corrected chi connectivity index (χ1v) is 6.40. The van der Waals surface area contributed by atoms with Gasteiger partial charge in [0.1, 0.15) is 11.6 Å². The molecule has 19 heavy (non-hydrogen) atoms. The fourth-order valence-electron chi connectivity index (χ4n) is 1.84. The summed E-state index contributed by atoms with van der Waals surface area (Å²) >= 11 is 3.38. The number of rotatable bonds is 2. The van der Waals surface area contributed by atoms with Crippen molar-refractivity contribution in [3.63, 3.8) is 0 Å². The van der Waals surface area contributed by atoms with Gasteiger partial charge in [-0.2, -0.15) is 5.26 Å². The zero-order valence-corrected chi connectivity index (χ0v) is 11.4. The minimum Gasteiger partial charge on any atom is -0.235 e. The Kier molecular flexibility index (Phi) is 2.97. The Morgan fingerprint density at radius 1 is 1.32 bits per heavy atom. The molecule has 0 amide bonds. The Bertz CT molecular complexity index is 787. The molecule has 0 fully saturated rings. The number of hydrogen-bond donors (Lipinski definition) is 0. The maximum Gasteiger partial charge on any atom is 0.178 e. The zero-order valence-electron chi connectivity index (χ0n) is 9.79. The molecule has 0 unspecified atom stereocenters. The highest BCUT2D eigenvalue weighted by molar-refractivity contribution is 9.10. The number of nitrogens with zero attached hydrogens (tertiary/aromatic N) is 5. The summed E-state index contributed by atoms with van der Waals surface area (Å²) in [5, 5.41) is 17.0. The molecule has 0 radical (unpaired) electrons.